The molecule has 1 N–H and O–H groups in total. The van der Waals surface area contributed by atoms with Crippen LogP contribution in [0.4, 0.5) is 0 Å². The fourth-order valence-corrected chi connectivity index (χ4v) is 1.77. The Balaban J connectivity index is 2.15. The van der Waals surface area contributed by atoms with Crippen molar-refractivity contribution in [1.82, 2.24) is 14.8 Å². The number of pyridine rings is 1. The third-order valence-corrected chi connectivity index (χ3v) is 2.67. The van der Waals surface area contributed by atoms with Gasteiger partial charge in [0, 0.05) is 24.2 Å². The highest BCUT2D eigenvalue weighted by molar-refractivity contribution is 5.94. The summed E-state index contributed by atoms with van der Waals surface area (Å²) in [5.74, 6) is -1.03. The number of aromatic nitrogens is 3. The normalized spacial score (nSPS) is 10.5. The lowest BCUT2D eigenvalue weighted by Crippen LogP contribution is -1.96. The molecule has 0 aromatic carbocycles. The molecule has 6 heteroatoms. The first-order valence-corrected chi connectivity index (χ1v) is 5.51. The van der Waals surface area contributed by atoms with Crippen LogP contribution in [0.2, 0.25) is 0 Å². The number of rotatable bonds is 3. The smallest absolute Gasteiger partial charge is 0.339 e. The summed E-state index contributed by atoms with van der Waals surface area (Å²) in [6, 6.07) is 5.17. The van der Waals surface area contributed by atoms with Crippen molar-refractivity contribution in [2.24, 2.45) is 0 Å². The predicted molar refractivity (Wildman–Crippen MR) is 66.0 cm³/mol. The Morgan fingerprint density at radius 2 is 2.05 bits per heavy atom. The van der Waals surface area contributed by atoms with Gasteiger partial charge in [-0.05, 0) is 18.2 Å². The van der Waals surface area contributed by atoms with Gasteiger partial charge in [0.2, 0.25) is 0 Å². The summed E-state index contributed by atoms with van der Waals surface area (Å²) < 4.78 is 6.47. The second kappa shape index (κ2) is 4.41. The minimum absolute atomic E-state index is 0.123. The molecule has 3 aromatic heterocycles. The zero-order chi connectivity index (χ0) is 13.2. The van der Waals surface area contributed by atoms with E-state index in [0.29, 0.717) is 11.3 Å². The van der Waals surface area contributed by atoms with E-state index in [9.17, 15) is 9.90 Å². The second-order valence-corrected chi connectivity index (χ2v) is 3.86. The van der Waals surface area contributed by atoms with Crippen molar-refractivity contribution in [2.45, 2.75) is 0 Å². The first-order valence-electron chi connectivity index (χ1n) is 5.51. The molecule has 0 radical (unpaired) electrons. The molecular weight excluding hydrogens is 246 g/mol. The van der Waals surface area contributed by atoms with E-state index in [-0.39, 0.29) is 5.56 Å². The standard InChI is InChI=1S/C13H9N3O3/c17-13(18)11-7-16(10-1-4-14-5-2-10)15-12(11)9-3-6-19-8-9/h1-8H,(H,17,18). The first kappa shape index (κ1) is 11.2. The lowest BCUT2D eigenvalue weighted by Gasteiger charge is -1.98. The van der Waals surface area contributed by atoms with E-state index in [0.717, 1.165) is 5.69 Å². The van der Waals surface area contributed by atoms with Gasteiger partial charge in [-0.25, -0.2) is 9.48 Å². The summed E-state index contributed by atoms with van der Waals surface area (Å²) in [5.41, 5.74) is 1.87. The van der Waals surface area contributed by atoms with Crippen LogP contribution in [0, 0.1) is 0 Å². The van der Waals surface area contributed by atoms with Gasteiger partial charge in [0.05, 0.1) is 18.2 Å². The van der Waals surface area contributed by atoms with Crippen molar-refractivity contribution in [1.29, 1.82) is 0 Å². The maximum atomic E-state index is 11.3. The molecular formula is C13H9N3O3. The zero-order valence-corrected chi connectivity index (χ0v) is 9.72. The summed E-state index contributed by atoms with van der Waals surface area (Å²) in [4.78, 5) is 15.2. The van der Waals surface area contributed by atoms with Gasteiger partial charge < -0.3 is 9.52 Å². The Hall–Kier alpha value is -2.89. The van der Waals surface area contributed by atoms with Gasteiger partial charge in [0.15, 0.2) is 0 Å². The highest BCUT2D eigenvalue weighted by Gasteiger charge is 2.18. The number of carboxylic acid groups (broad SMARTS) is 1. The summed E-state index contributed by atoms with van der Waals surface area (Å²) in [6.07, 6.45) is 7.65. The van der Waals surface area contributed by atoms with Gasteiger partial charge in [-0.1, -0.05) is 0 Å². The Morgan fingerprint density at radius 3 is 2.68 bits per heavy atom. The van der Waals surface area contributed by atoms with Gasteiger partial charge >= 0.3 is 5.97 Å². The summed E-state index contributed by atoms with van der Waals surface area (Å²) in [5, 5.41) is 13.5. The number of nitrogens with zero attached hydrogens (tertiary/aromatic N) is 3. The number of aromatic carboxylic acids is 1. The second-order valence-electron chi connectivity index (χ2n) is 3.86. The molecule has 3 aromatic rings. The van der Waals surface area contributed by atoms with Crippen LogP contribution >= 0.6 is 0 Å². The van der Waals surface area contributed by atoms with Crippen molar-refractivity contribution >= 4 is 5.97 Å². The number of hydrogen-bond donors (Lipinski definition) is 1. The molecule has 0 aliphatic rings. The van der Waals surface area contributed by atoms with Crippen LogP contribution < -0.4 is 0 Å². The molecule has 0 atom stereocenters. The van der Waals surface area contributed by atoms with Crippen molar-refractivity contribution < 1.29 is 14.3 Å². The van der Waals surface area contributed by atoms with Crippen molar-refractivity contribution in [3.05, 3.63) is 54.9 Å². The Kier molecular flexibility index (Phi) is 2.60. The number of carbonyl (C=O) groups is 1. The number of carboxylic acids is 1. The number of hydrogen-bond acceptors (Lipinski definition) is 4. The Labute approximate surface area is 107 Å². The topological polar surface area (TPSA) is 81.1 Å². The summed E-state index contributed by atoms with van der Waals surface area (Å²) in [7, 11) is 0. The number of furan rings is 1. The minimum atomic E-state index is -1.03. The van der Waals surface area contributed by atoms with Crippen LogP contribution in [0.15, 0.2) is 53.7 Å². The van der Waals surface area contributed by atoms with Crippen LogP contribution in [0.5, 0.6) is 0 Å². The fraction of sp³-hybridized carbons (Fsp3) is 0. The third-order valence-electron chi connectivity index (χ3n) is 2.67. The van der Waals surface area contributed by atoms with E-state index in [1.807, 2.05) is 0 Å². The monoisotopic (exact) mass is 255 g/mol. The minimum Gasteiger partial charge on any atom is -0.478 e. The molecule has 0 saturated heterocycles. The van der Waals surface area contributed by atoms with E-state index in [1.54, 1.807) is 30.6 Å². The highest BCUT2D eigenvalue weighted by atomic mass is 16.4. The molecule has 6 nitrogen and oxygen atoms in total. The van der Waals surface area contributed by atoms with Crippen molar-refractivity contribution in [2.75, 3.05) is 0 Å². The van der Waals surface area contributed by atoms with Crippen molar-refractivity contribution in [3.8, 4) is 16.9 Å². The van der Waals surface area contributed by atoms with E-state index in [1.165, 1.54) is 23.4 Å². The van der Waals surface area contributed by atoms with E-state index < -0.39 is 5.97 Å². The molecule has 0 bridgehead atoms. The van der Waals surface area contributed by atoms with Gasteiger partial charge in [0.25, 0.3) is 0 Å². The lowest BCUT2D eigenvalue weighted by molar-refractivity contribution is 0.0697. The lowest BCUT2D eigenvalue weighted by atomic mass is 10.1. The molecule has 0 spiro atoms. The van der Waals surface area contributed by atoms with E-state index >= 15 is 0 Å². The van der Waals surface area contributed by atoms with Gasteiger partial charge in [-0.15, -0.1) is 0 Å². The highest BCUT2D eigenvalue weighted by Crippen LogP contribution is 2.23. The first-order chi connectivity index (χ1) is 9.25. The average molecular weight is 255 g/mol. The maximum absolute atomic E-state index is 11.3. The van der Waals surface area contributed by atoms with E-state index in [4.69, 9.17) is 4.42 Å². The Morgan fingerprint density at radius 1 is 1.26 bits per heavy atom. The molecule has 3 rings (SSSR count). The van der Waals surface area contributed by atoms with Gasteiger partial charge in [-0.3, -0.25) is 4.98 Å². The van der Waals surface area contributed by atoms with Crippen LogP contribution in [0.25, 0.3) is 16.9 Å². The summed E-state index contributed by atoms with van der Waals surface area (Å²) in [6.45, 7) is 0. The van der Waals surface area contributed by atoms with Crippen molar-refractivity contribution in [3.63, 3.8) is 0 Å². The molecule has 0 aliphatic carbocycles. The zero-order valence-electron chi connectivity index (χ0n) is 9.72. The summed E-state index contributed by atoms with van der Waals surface area (Å²) >= 11 is 0. The SMILES string of the molecule is O=C(O)c1cn(-c2ccncc2)nc1-c1ccoc1. The molecule has 0 aliphatic heterocycles. The average Bonchev–Trinajstić information content (AvgIpc) is 3.08. The molecule has 94 valence electrons. The van der Waals surface area contributed by atoms with Crippen LogP contribution in [0.3, 0.4) is 0 Å². The van der Waals surface area contributed by atoms with E-state index in [2.05, 4.69) is 10.1 Å². The van der Waals surface area contributed by atoms with Crippen LogP contribution in [-0.2, 0) is 0 Å². The molecule has 0 unspecified atom stereocenters. The molecule has 0 saturated carbocycles. The molecule has 0 fully saturated rings. The maximum Gasteiger partial charge on any atom is 0.339 e. The quantitative estimate of drug-likeness (QED) is 0.776. The predicted octanol–water partition coefficient (Wildman–Crippen LogP) is 2.23. The third kappa shape index (κ3) is 1.99. The van der Waals surface area contributed by atoms with Crippen LogP contribution in [-0.4, -0.2) is 25.8 Å². The van der Waals surface area contributed by atoms with Crippen LogP contribution in [0.1, 0.15) is 10.4 Å². The van der Waals surface area contributed by atoms with Gasteiger partial charge in [0.1, 0.15) is 11.3 Å². The molecule has 0 amide bonds. The molecule has 19 heavy (non-hydrogen) atoms. The fourth-order valence-electron chi connectivity index (χ4n) is 1.77. The molecule has 3 heterocycles. The Bertz CT molecular complexity index is 702. The largest absolute Gasteiger partial charge is 0.478 e. The van der Waals surface area contributed by atoms with Gasteiger partial charge in [-0.2, -0.15) is 5.10 Å².